The van der Waals surface area contributed by atoms with Gasteiger partial charge < -0.3 is 14.6 Å². The Hall–Kier alpha value is -2.63. The van der Waals surface area contributed by atoms with Crippen molar-refractivity contribution in [1.82, 2.24) is 10.2 Å². The number of hydrogen-bond donors (Lipinski definition) is 1. The molecule has 120 valence electrons. The molecule has 0 spiro atoms. The first-order valence-corrected chi connectivity index (χ1v) is 7.52. The monoisotopic (exact) mass is 316 g/mol. The summed E-state index contributed by atoms with van der Waals surface area (Å²) in [6.07, 6.45) is 2.82. The molecule has 5 nitrogen and oxygen atoms in total. The molecule has 1 aliphatic heterocycles. The highest BCUT2D eigenvalue weighted by atomic mass is 19.1. The quantitative estimate of drug-likeness (QED) is 0.946. The van der Waals surface area contributed by atoms with Gasteiger partial charge in [0, 0.05) is 24.7 Å². The zero-order valence-corrected chi connectivity index (χ0v) is 12.5. The van der Waals surface area contributed by atoms with E-state index >= 15 is 0 Å². The molecule has 1 saturated heterocycles. The number of furan rings is 1. The second kappa shape index (κ2) is 6.64. The van der Waals surface area contributed by atoms with E-state index in [1.54, 1.807) is 17.0 Å². The average molecular weight is 316 g/mol. The van der Waals surface area contributed by atoms with Gasteiger partial charge in [0.25, 0.3) is 11.8 Å². The number of rotatable bonds is 3. The Labute approximate surface area is 133 Å². The first-order chi connectivity index (χ1) is 11.1. The van der Waals surface area contributed by atoms with Crippen LogP contribution in [-0.4, -0.2) is 35.8 Å². The highest BCUT2D eigenvalue weighted by molar-refractivity contribution is 5.94. The van der Waals surface area contributed by atoms with Crippen molar-refractivity contribution in [3.63, 3.8) is 0 Å². The average Bonchev–Trinajstić information content (AvgIpc) is 3.10. The summed E-state index contributed by atoms with van der Waals surface area (Å²) in [6.45, 7) is 1.11. The Morgan fingerprint density at radius 3 is 2.43 bits per heavy atom. The standard InChI is InChI=1S/C17H17FN2O3/c18-13-5-3-12(4-6-13)17(22)20-9-7-14(8-10-20)19-16(21)15-2-1-11-23-15/h1-6,11,14H,7-10H2,(H,19,21). The van der Waals surface area contributed by atoms with Crippen molar-refractivity contribution in [2.45, 2.75) is 18.9 Å². The van der Waals surface area contributed by atoms with Crippen LogP contribution in [0.15, 0.2) is 47.1 Å². The summed E-state index contributed by atoms with van der Waals surface area (Å²) in [6, 6.07) is 8.84. The van der Waals surface area contributed by atoms with Crippen molar-refractivity contribution in [3.05, 3.63) is 59.8 Å². The van der Waals surface area contributed by atoms with E-state index in [1.807, 2.05) is 0 Å². The van der Waals surface area contributed by atoms with Crippen LogP contribution in [0.25, 0.3) is 0 Å². The van der Waals surface area contributed by atoms with Crippen LogP contribution in [0.4, 0.5) is 4.39 Å². The molecule has 0 atom stereocenters. The molecule has 0 unspecified atom stereocenters. The summed E-state index contributed by atoms with van der Waals surface area (Å²) in [5.74, 6) is -0.421. The van der Waals surface area contributed by atoms with Gasteiger partial charge in [-0.05, 0) is 49.2 Å². The molecule has 0 saturated carbocycles. The van der Waals surface area contributed by atoms with E-state index in [0.29, 0.717) is 31.5 Å². The minimum Gasteiger partial charge on any atom is -0.459 e. The van der Waals surface area contributed by atoms with Crippen LogP contribution < -0.4 is 5.32 Å². The van der Waals surface area contributed by atoms with Crippen LogP contribution in [0.2, 0.25) is 0 Å². The Morgan fingerprint density at radius 2 is 1.83 bits per heavy atom. The number of carbonyl (C=O) groups excluding carboxylic acids is 2. The molecular formula is C17H17FN2O3. The molecular weight excluding hydrogens is 299 g/mol. The predicted molar refractivity (Wildman–Crippen MR) is 81.5 cm³/mol. The third-order valence-electron chi connectivity index (χ3n) is 3.95. The van der Waals surface area contributed by atoms with Gasteiger partial charge in [0.15, 0.2) is 5.76 Å². The van der Waals surface area contributed by atoms with Crippen molar-refractivity contribution in [1.29, 1.82) is 0 Å². The lowest BCUT2D eigenvalue weighted by atomic mass is 10.0. The highest BCUT2D eigenvalue weighted by Crippen LogP contribution is 2.15. The first kappa shape index (κ1) is 15.3. The van der Waals surface area contributed by atoms with Crippen molar-refractivity contribution < 1.29 is 18.4 Å². The number of amides is 2. The summed E-state index contributed by atoms with van der Waals surface area (Å²) >= 11 is 0. The lowest BCUT2D eigenvalue weighted by molar-refractivity contribution is 0.0695. The highest BCUT2D eigenvalue weighted by Gasteiger charge is 2.25. The maximum Gasteiger partial charge on any atom is 0.287 e. The molecule has 1 N–H and O–H groups in total. The topological polar surface area (TPSA) is 62.6 Å². The van der Waals surface area contributed by atoms with Crippen LogP contribution in [-0.2, 0) is 0 Å². The van der Waals surface area contributed by atoms with E-state index in [2.05, 4.69) is 5.32 Å². The largest absolute Gasteiger partial charge is 0.459 e. The second-order valence-electron chi connectivity index (χ2n) is 5.52. The van der Waals surface area contributed by atoms with Gasteiger partial charge in [-0.15, -0.1) is 0 Å². The molecule has 2 aromatic rings. The Kier molecular flexibility index (Phi) is 4.41. The summed E-state index contributed by atoms with van der Waals surface area (Å²) < 4.78 is 18.0. The fourth-order valence-corrected chi connectivity index (χ4v) is 2.67. The number of halogens is 1. The summed E-state index contributed by atoms with van der Waals surface area (Å²) in [5.41, 5.74) is 0.476. The Balaban J connectivity index is 1.53. The molecule has 23 heavy (non-hydrogen) atoms. The van der Waals surface area contributed by atoms with Crippen LogP contribution >= 0.6 is 0 Å². The van der Waals surface area contributed by atoms with Gasteiger partial charge in [-0.2, -0.15) is 0 Å². The Morgan fingerprint density at radius 1 is 1.13 bits per heavy atom. The van der Waals surface area contributed by atoms with Crippen molar-refractivity contribution >= 4 is 11.8 Å². The molecule has 0 aliphatic carbocycles. The van der Waals surface area contributed by atoms with Gasteiger partial charge in [0.1, 0.15) is 5.82 Å². The lowest BCUT2D eigenvalue weighted by Gasteiger charge is -2.32. The number of carbonyl (C=O) groups is 2. The molecule has 1 aromatic heterocycles. The third-order valence-corrected chi connectivity index (χ3v) is 3.95. The summed E-state index contributed by atoms with van der Waals surface area (Å²) in [5, 5.41) is 2.91. The number of nitrogens with one attached hydrogen (secondary N) is 1. The molecule has 0 bridgehead atoms. The van der Waals surface area contributed by atoms with E-state index in [4.69, 9.17) is 4.42 Å². The fourth-order valence-electron chi connectivity index (χ4n) is 2.67. The van der Waals surface area contributed by atoms with E-state index in [1.165, 1.54) is 30.5 Å². The smallest absolute Gasteiger partial charge is 0.287 e. The van der Waals surface area contributed by atoms with Crippen molar-refractivity contribution in [2.75, 3.05) is 13.1 Å². The first-order valence-electron chi connectivity index (χ1n) is 7.52. The molecule has 3 rings (SSSR count). The van der Waals surface area contributed by atoms with Gasteiger partial charge in [0.2, 0.25) is 0 Å². The van der Waals surface area contributed by atoms with E-state index in [9.17, 15) is 14.0 Å². The SMILES string of the molecule is O=C(NC1CCN(C(=O)c2ccc(F)cc2)CC1)c1ccco1. The second-order valence-corrected chi connectivity index (χ2v) is 5.52. The van der Waals surface area contributed by atoms with Crippen molar-refractivity contribution in [2.24, 2.45) is 0 Å². The van der Waals surface area contributed by atoms with Crippen LogP contribution in [0.1, 0.15) is 33.8 Å². The lowest BCUT2D eigenvalue weighted by Crippen LogP contribution is -2.46. The molecule has 1 aliphatic rings. The molecule has 2 heterocycles. The van der Waals surface area contributed by atoms with Gasteiger partial charge in [0.05, 0.1) is 6.26 Å². The zero-order valence-electron chi connectivity index (χ0n) is 12.5. The van der Waals surface area contributed by atoms with Crippen LogP contribution in [0.3, 0.4) is 0 Å². The number of hydrogen-bond acceptors (Lipinski definition) is 3. The summed E-state index contributed by atoms with van der Waals surface area (Å²) in [7, 11) is 0. The predicted octanol–water partition coefficient (Wildman–Crippen LogP) is 2.45. The minimum absolute atomic E-state index is 0.0184. The van der Waals surface area contributed by atoms with Crippen LogP contribution in [0.5, 0.6) is 0 Å². The molecule has 1 fully saturated rings. The Bertz CT molecular complexity index is 674. The van der Waals surface area contributed by atoms with E-state index < -0.39 is 0 Å². The zero-order chi connectivity index (χ0) is 16.2. The fraction of sp³-hybridized carbons (Fsp3) is 0.294. The molecule has 1 aromatic carbocycles. The van der Waals surface area contributed by atoms with Gasteiger partial charge in [-0.1, -0.05) is 0 Å². The molecule has 2 amide bonds. The maximum atomic E-state index is 12.9. The molecule has 0 radical (unpaired) electrons. The number of piperidine rings is 1. The normalized spacial score (nSPS) is 15.4. The maximum absolute atomic E-state index is 12.9. The third kappa shape index (κ3) is 3.59. The van der Waals surface area contributed by atoms with Gasteiger partial charge in [-0.3, -0.25) is 9.59 Å². The van der Waals surface area contributed by atoms with Gasteiger partial charge >= 0.3 is 0 Å². The number of likely N-dealkylation sites (tertiary alicyclic amines) is 1. The number of nitrogens with zero attached hydrogens (tertiary/aromatic N) is 1. The molecule has 6 heteroatoms. The van der Waals surface area contributed by atoms with E-state index in [0.717, 1.165) is 0 Å². The van der Waals surface area contributed by atoms with Gasteiger partial charge in [-0.25, -0.2) is 4.39 Å². The number of benzene rings is 1. The van der Waals surface area contributed by atoms with E-state index in [-0.39, 0.29) is 29.4 Å². The van der Waals surface area contributed by atoms with Crippen molar-refractivity contribution in [3.8, 4) is 0 Å². The van der Waals surface area contributed by atoms with Crippen LogP contribution in [0, 0.1) is 5.82 Å². The minimum atomic E-state index is -0.360. The summed E-state index contributed by atoms with van der Waals surface area (Å²) in [4.78, 5) is 26.0.